The summed E-state index contributed by atoms with van der Waals surface area (Å²) in [5, 5.41) is 1.79. The maximum absolute atomic E-state index is 13.7. The second-order valence-corrected chi connectivity index (χ2v) is 7.56. The van der Waals surface area contributed by atoms with E-state index >= 15 is 0 Å². The molecule has 0 radical (unpaired) electrons. The highest BCUT2D eigenvalue weighted by Crippen LogP contribution is 2.33. The number of furan rings is 1. The van der Waals surface area contributed by atoms with Crippen molar-refractivity contribution in [1.82, 2.24) is 4.90 Å². The molecule has 3 amide bonds. The van der Waals surface area contributed by atoms with Crippen LogP contribution in [0.15, 0.2) is 45.7 Å². The molecule has 156 valence electrons. The Morgan fingerprint density at radius 2 is 1.93 bits per heavy atom. The molecule has 8 nitrogen and oxygen atoms in total. The Balaban J connectivity index is 1.41. The summed E-state index contributed by atoms with van der Waals surface area (Å²) in [6.07, 6.45) is 1.48. The summed E-state index contributed by atoms with van der Waals surface area (Å²) >= 11 is 0.724. The summed E-state index contributed by atoms with van der Waals surface area (Å²) in [5.41, 5.74) is -0.0174. The first-order valence-corrected chi connectivity index (χ1v) is 10.1. The van der Waals surface area contributed by atoms with Crippen molar-refractivity contribution in [3.8, 4) is 0 Å². The highest BCUT2D eigenvalue weighted by atomic mass is 32.2. The molecule has 2 aliphatic rings. The van der Waals surface area contributed by atoms with E-state index in [9.17, 15) is 18.8 Å². The molecule has 1 aromatic carbocycles. The largest absolute Gasteiger partial charge is 0.441 e. The third-order valence-corrected chi connectivity index (χ3v) is 5.44. The number of ether oxygens (including phenoxy) is 1. The Bertz CT molecular complexity index is 1020. The fourth-order valence-corrected chi connectivity index (χ4v) is 3.85. The molecule has 0 bridgehead atoms. The van der Waals surface area contributed by atoms with Gasteiger partial charge in [-0.25, -0.2) is 4.39 Å². The summed E-state index contributed by atoms with van der Waals surface area (Å²) in [4.78, 5) is 40.0. The van der Waals surface area contributed by atoms with E-state index in [1.165, 1.54) is 24.3 Å². The number of carbonyl (C=O) groups is 3. The average molecular weight is 431 g/mol. The van der Waals surface area contributed by atoms with Crippen LogP contribution in [0.2, 0.25) is 0 Å². The summed E-state index contributed by atoms with van der Waals surface area (Å²) in [5.74, 6) is -0.783. The lowest BCUT2D eigenvalue weighted by Crippen LogP contribution is -2.36. The van der Waals surface area contributed by atoms with E-state index in [1.54, 1.807) is 18.2 Å². The van der Waals surface area contributed by atoms with Gasteiger partial charge in [0.25, 0.3) is 11.1 Å². The molecule has 3 heterocycles. The monoisotopic (exact) mass is 431 g/mol. The van der Waals surface area contributed by atoms with Gasteiger partial charge in [0.05, 0.1) is 23.8 Å². The smallest absolute Gasteiger partial charge is 0.294 e. The summed E-state index contributed by atoms with van der Waals surface area (Å²) < 4.78 is 24.7. The quantitative estimate of drug-likeness (QED) is 0.728. The second-order valence-electron chi connectivity index (χ2n) is 6.57. The number of hydrogen-bond donors (Lipinski definition) is 1. The first kappa shape index (κ1) is 20.2. The highest BCUT2D eigenvalue weighted by Gasteiger charge is 2.36. The SMILES string of the molecule is O=C(CN1C(=O)S/C(=C/c2ccc(N3CCOCC3)o2)C1=O)Nc1ccccc1F. The van der Waals surface area contributed by atoms with Crippen LogP contribution in [0.5, 0.6) is 0 Å². The number of nitrogens with one attached hydrogen (secondary N) is 1. The summed E-state index contributed by atoms with van der Waals surface area (Å²) in [6.45, 7) is 2.14. The summed E-state index contributed by atoms with van der Waals surface area (Å²) in [6, 6.07) is 9.16. The Hall–Kier alpha value is -3.11. The number of hydrogen-bond acceptors (Lipinski definition) is 7. The van der Waals surface area contributed by atoms with Crippen LogP contribution in [0.4, 0.5) is 20.8 Å². The zero-order valence-corrected chi connectivity index (χ0v) is 16.6. The Morgan fingerprint density at radius 1 is 1.17 bits per heavy atom. The van der Waals surface area contributed by atoms with Gasteiger partial charge in [-0.2, -0.15) is 0 Å². The number of halogens is 1. The molecule has 0 saturated carbocycles. The lowest BCUT2D eigenvalue weighted by Gasteiger charge is -2.26. The average Bonchev–Trinajstić information content (AvgIpc) is 3.31. The predicted molar refractivity (Wildman–Crippen MR) is 109 cm³/mol. The first-order chi connectivity index (χ1) is 14.5. The van der Waals surface area contributed by atoms with Crippen molar-refractivity contribution in [2.24, 2.45) is 0 Å². The van der Waals surface area contributed by atoms with Crippen LogP contribution in [0.25, 0.3) is 6.08 Å². The number of thioether (sulfide) groups is 1. The normalized spacial score (nSPS) is 18.4. The summed E-state index contributed by atoms with van der Waals surface area (Å²) in [7, 11) is 0. The standard InChI is InChI=1S/C20H18FN3O5S/c21-14-3-1-2-4-15(14)22-17(25)12-24-19(26)16(30-20(24)27)11-13-5-6-18(29-13)23-7-9-28-10-8-23/h1-6,11H,7-10,12H2,(H,22,25)/b16-11+. The molecule has 0 unspecified atom stereocenters. The van der Waals surface area contributed by atoms with Crippen LogP contribution in [0.3, 0.4) is 0 Å². The molecule has 0 atom stereocenters. The third kappa shape index (κ3) is 4.39. The molecule has 1 aromatic heterocycles. The zero-order valence-electron chi connectivity index (χ0n) is 15.8. The molecular weight excluding hydrogens is 413 g/mol. The van der Waals surface area contributed by atoms with Gasteiger partial charge in [0.1, 0.15) is 18.1 Å². The number of carbonyl (C=O) groups excluding carboxylic acids is 3. The van der Waals surface area contributed by atoms with Crippen molar-refractivity contribution in [2.75, 3.05) is 43.1 Å². The minimum absolute atomic E-state index is 0.0174. The fourth-order valence-electron chi connectivity index (χ4n) is 3.03. The van der Waals surface area contributed by atoms with Crippen molar-refractivity contribution in [2.45, 2.75) is 0 Å². The van der Waals surface area contributed by atoms with E-state index < -0.39 is 29.4 Å². The van der Waals surface area contributed by atoms with Crippen molar-refractivity contribution in [3.63, 3.8) is 0 Å². The molecule has 2 aromatic rings. The van der Waals surface area contributed by atoms with Gasteiger partial charge in [-0.15, -0.1) is 0 Å². The van der Waals surface area contributed by atoms with Crippen molar-refractivity contribution in [1.29, 1.82) is 0 Å². The zero-order chi connectivity index (χ0) is 21.1. The first-order valence-electron chi connectivity index (χ1n) is 9.23. The number of nitrogens with zero attached hydrogens (tertiary/aromatic N) is 2. The van der Waals surface area contributed by atoms with Gasteiger partial charge < -0.3 is 19.4 Å². The van der Waals surface area contributed by atoms with Crippen LogP contribution in [-0.4, -0.2) is 54.8 Å². The van der Waals surface area contributed by atoms with E-state index in [0.717, 1.165) is 16.7 Å². The molecule has 0 spiro atoms. The topological polar surface area (TPSA) is 92.1 Å². The van der Waals surface area contributed by atoms with Crippen LogP contribution in [0, 0.1) is 5.82 Å². The molecule has 2 fully saturated rings. The predicted octanol–water partition coefficient (Wildman–Crippen LogP) is 2.93. The maximum Gasteiger partial charge on any atom is 0.294 e. The van der Waals surface area contributed by atoms with Gasteiger partial charge in [0.15, 0.2) is 5.88 Å². The van der Waals surface area contributed by atoms with Gasteiger partial charge >= 0.3 is 0 Å². The highest BCUT2D eigenvalue weighted by molar-refractivity contribution is 8.18. The third-order valence-electron chi connectivity index (χ3n) is 4.53. The van der Waals surface area contributed by atoms with E-state index in [-0.39, 0.29) is 10.6 Å². The van der Waals surface area contributed by atoms with Gasteiger partial charge in [0, 0.05) is 25.2 Å². The Labute approximate surface area is 175 Å². The van der Waals surface area contributed by atoms with E-state index in [2.05, 4.69) is 5.32 Å². The molecule has 4 rings (SSSR count). The van der Waals surface area contributed by atoms with Gasteiger partial charge in [-0.1, -0.05) is 12.1 Å². The number of para-hydroxylation sites is 1. The minimum atomic E-state index is -0.670. The van der Waals surface area contributed by atoms with E-state index in [0.29, 0.717) is 37.9 Å². The lowest BCUT2D eigenvalue weighted by molar-refractivity contribution is -0.127. The van der Waals surface area contributed by atoms with Crippen LogP contribution < -0.4 is 10.2 Å². The number of benzene rings is 1. The number of morpholine rings is 1. The lowest BCUT2D eigenvalue weighted by atomic mass is 10.3. The van der Waals surface area contributed by atoms with Gasteiger partial charge in [-0.3, -0.25) is 19.3 Å². The van der Waals surface area contributed by atoms with E-state index in [1.807, 2.05) is 4.90 Å². The molecule has 1 N–H and O–H groups in total. The van der Waals surface area contributed by atoms with Crippen LogP contribution in [0.1, 0.15) is 5.76 Å². The molecular formula is C20H18FN3O5S. The Kier molecular flexibility index (Phi) is 5.86. The minimum Gasteiger partial charge on any atom is -0.441 e. The van der Waals surface area contributed by atoms with Crippen molar-refractivity contribution < 1.29 is 27.9 Å². The number of imide groups is 1. The molecule has 10 heteroatoms. The molecule has 30 heavy (non-hydrogen) atoms. The maximum atomic E-state index is 13.7. The second kappa shape index (κ2) is 8.72. The van der Waals surface area contributed by atoms with Crippen LogP contribution >= 0.6 is 11.8 Å². The molecule has 0 aliphatic carbocycles. The molecule has 2 aliphatic heterocycles. The van der Waals surface area contributed by atoms with Gasteiger partial charge in [0.2, 0.25) is 5.91 Å². The number of rotatable bonds is 5. The van der Waals surface area contributed by atoms with Gasteiger partial charge in [-0.05, 0) is 30.0 Å². The van der Waals surface area contributed by atoms with Crippen molar-refractivity contribution in [3.05, 3.63) is 52.9 Å². The number of amides is 3. The van der Waals surface area contributed by atoms with Crippen molar-refractivity contribution >= 4 is 46.5 Å². The Morgan fingerprint density at radius 3 is 2.70 bits per heavy atom. The molecule has 2 saturated heterocycles. The number of anilines is 2. The fraction of sp³-hybridized carbons (Fsp3) is 0.250. The van der Waals surface area contributed by atoms with E-state index in [4.69, 9.17) is 9.15 Å². The van der Waals surface area contributed by atoms with Crippen LogP contribution in [-0.2, 0) is 14.3 Å².